The first-order valence-electron chi connectivity index (χ1n) is 9.02. The molecule has 3 aromatic rings. The van der Waals surface area contributed by atoms with Crippen LogP contribution in [0.15, 0.2) is 64.0 Å². The number of hydrogen-bond donors (Lipinski definition) is 3. The largest absolute Gasteiger partial charge is 0.436 e. The molecule has 0 spiro atoms. The molecule has 2 aromatic carbocycles. The number of hydrogen-bond acceptors (Lipinski definition) is 6. The molecule has 0 saturated carbocycles. The molecule has 0 aliphatic heterocycles. The molecule has 0 aliphatic carbocycles. The van der Waals surface area contributed by atoms with Crippen LogP contribution < -0.4 is 15.8 Å². The first-order valence-corrected chi connectivity index (χ1v) is 10.5. The van der Waals surface area contributed by atoms with Crippen LogP contribution in [-0.4, -0.2) is 32.5 Å². The van der Waals surface area contributed by atoms with E-state index >= 15 is 0 Å². The Kier molecular flexibility index (Phi) is 6.13. The average Bonchev–Trinajstić information content (AvgIpc) is 3.17. The van der Waals surface area contributed by atoms with Crippen LogP contribution in [0.1, 0.15) is 13.8 Å². The highest BCUT2D eigenvalue weighted by Gasteiger charge is 2.14. The lowest BCUT2D eigenvalue weighted by molar-refractivity contribution is 0.581. The lowest BCUT2D eigenvalue weighted by Gasteiger charge is -2.09. The van der Waals surface area contributed by atoms with E-state index in [1.807, 2.05) is 24.3 Å². The molecule has 3 rings (SSSR count). The Morgan fingerprint density at radius 1 is 1.04 bits per heavy atom. The van der Waals surface area contributed by atoms with Gasteiger partial charge in [0.1, 0.15) is 0 Å². The minimum Gasteiger partial charge on any atom is -0.436 e. The second-order valence-electron chi connectivity index (χ2n) is 6.62. The van der Waals surface area contributed by atoms with E-state index in [-0.39, 0.29) is 18.0 Å². The Morgan fingerprint density at radius 2 is 1.68 bits per heavy atom. The monoisotopic (exact) mass is 400 g/mol. The zero-order chi connectivity index (χ0) is 20.1. The molecule has 148 valence electrons. The predicted octanol–water partition coefficient (Wildman–Crippen LogP) is 3.07. The fraction of sp³-hybridized carbons (Fsp3) is 0.250. The van der Waals surface area contributed by atoms with Crippen molar-refractivity contribution in [2.45, 2.75) is 24.8 Å². The summed E-state index contributed by atoms with van der Waals surface area (Å²) in [5, 5.41) is 3.34. The molecule has 0 aliphatic rings. The van der Waals surface area contributed by atoms with E-state index in [4.69, 9.17) is 10.2 Å². The maximum absolute atomic E-state index is 12.1. The molecule has 0 fully saturated rings. The summed E-state index contributed by atoms with van der Waals surface area (Å²) in [4.78, 5) is 4.48. The molecule has 0 unspecified atom stereocenters. The topological polar surface area (TPSA) is 110 Å². The number of nitrogens with two attached hydrogens (primary N) is 1. The summed E-state index contributed by atoms with van der Waals surface area (Å²) >= 11 is 0. The van der Waals surface area contributed by atoms with Crippen molar-refractivity contribution in [1.82, 2.24) is 9.71 Å². The van der Waals surface area contributed by atoms with Gasteiger partial charge in [0.25, 0.3) is 0 Å². The number of aromatic nitrogens is 1. The number of nitrogens with one attached hydrogen (secondary N) is 2. The number of benzene rings is 2. The summed E-state index contributed by atoms with van der Waals surface area (Å²) in [6.07, 6.45) is 1.66. The van der Waals surface area contributed by atoms with E-state index in [1.54, 1.807) is 18.3 Å². The van der Waals surface area contributed by atoms with Crippen molar-refractivity contribution in [3.05, 3.63) is 54.7 Å². The fourth-order valence-electron chi connectivity index (χ4n) is 2.66. The standard InChI is InChI=1S/C20H24N4O3S/c1-14(2)24-17-7-3-15(4-8-17)19-13-22-20(27-19)16-5-9-18(10-6-16)28(25,26)23-12-11-21/h3-10,13-14,23-24H,11-12,21H2,1-2H3. The molecule has 28 heavy (non-hydrogen) atoms. The van der Waals surface area contributed by atoms with Crippen molar-refractivity contribution in [2.24, 2.45) is 5.73 Å². The van der Waals surface area contributed by atoms with Crippen molar-refractivity contribution in [1.29, 1.82) is 0 Å². The van der Waals surface area contributed by atoms with Crippen molar-refractivity contribution in [3.63, 3.8) is 0 Å². The third-order valence-corrected chi connectivity index (χ3v) is 5.46. The Hall–Kier alpha value is -2.68. The quantitative estimate of drug-likeness (QED) is 0.536. The first-order chi connectivity index (χ1) is 13.4. The highest BCUT2D eigenvalue weighted by atomic mass is 32.2. The lowest BCUT2D eigenvalue weighted by Crippen LogP contribution is -2.29. The number of sulfonamides is 1. The molecule has 0 atom stereocenters. The minimum atomic E-state index is -3.56. The van der Waals surface area contributed by atoms with Crippen LogP contribution in [0.2, 0.25) is 0 Å². The number of nitrogens with zero attached hydrogens (tertiary/aromatic N) is 1. The van der Waals surface area contributed by atoms with Gasteiger partial charge in [-0.3, -0.25) is 0 Å². The second-order valence-corrected chi connectivity index (χ2v) is 8.38. The molecular weight excluding hydrogens is 376 g/mol. The molecule has 0 saturated heterocycles. The first kappa shape index (κ1) is 20.1. The van der Waals surface area contributed by atoms with Crippen molar-refractivity contribution in [2.75, 3.05) is 18.4 Å². The molecule has 0 amide bonds. The number of oxazole rings is 1. The third kappa shape index (κ3) is 4.78. The van der Waals surface area contributed by atoms with Gasteiger partial charge in [-0.25, -0.2) is 18.1 Å². The molecule has 7 nitrogen and oxygen atoms in total. The summed E-state index contributed by atoms with van der Waals surface area (Å²) in [5.74, 6) is 1.07. The minimum absolute atomic E-state index is 0.171. The van der Waals surface area contributed by atoms with Gasteiger partial charge in [0.2, 0.25) is 15.9 Å². The van der Waals surface area contributed by atoms with Crippen LogP contribution in [0, 0.1) is 0 Å². The van der Waals surface area contributed by atoms with Crippen LogP contribution in [0.4, 0.5) is 5.69 Å². The number of rotatable bonds is 8. The van der Waals surface area contributed by atoms with E-state index in [0.29, 0.717) is 23.3 Å². The summed E-state index contributed by atoms with van der Waals surface area (Å²) in [6.45, 7) is 4.60. The van der Waals surface area contributed by atoms with Crippen LogP contribution in [0.5, 0.6) is 0 Å². The van der Waals surface area contributed by atoms with Crippen LogP contribution in [0.25, 0.3) is 22.8 Å². The molecule has 1 heterocycles. The van der Waals surface area contributed by atoms with Crippen LogP contribution >= 0.6 is 0 Å². The van der Waals surface area contributed by atoms with Gasteiger partial charge in [0, 0.05) is 35.9 Å². The Balaban J connectivity index is 1.77. The lowest BCUT2D eigenvalue weighted by atomic mass is 10.1. The summed E-state index contributed by atoms with van der Waals surface area (Å²) in [6, 6.07) is 14.7. The SMILES string of the molecule is CC(C)Nc1ccc(-c2cnc(-c3ccc(S(=O)(=O)NCCN)cc3)o2)cc1. The number of anilines is 1. The van der Waals surface area contributed by atoms with Gasteiger partial charge in [-0.15, -0.1) is 0 Å². The van der Waals surface area contributed by atoms with E-state index in [0.717, 1.165) is 11.3 Å². The van der Waals surface area contributed by atoms with Crippen molar-refractivity contribution in [3.8, 4) is 22.8 Å². The average molecular weight is 401 g/mol. The van der Waals surface area contributed by atoms with Gasteiger partial charge >= 0.3 is 0 Å². The Bertz CT molecular complexity index is 1010. The van der Waals surface area contributed by atoms with Gasteiger partial charge in [-0.2, -0.15) is 0 Å². The van der Waals surface area contributed by atoms with Crippen molar-refractivity contribution < 1.29 is 12.8 Å². The van der Waals surface area contributed by atoms with Gasteiger partial charge in [0.05, 0.1) is 11.1 Å². The molecular formula is C20H24N4O3S. The third-order valence-electron chi connectivity index (χ3n) is 3.98. The van der Waals surface area contributed by atoms with E-state index < -0.39 is 10.0 Å². The van der Waals surface area contributed by atoms with Gasteiger partial charge in [-0.05, 0) is 62.4 Å². The maximum atomic E-state index is 12.1. The predicted molar refractivity (Wildman–Crippen MR) is 110 cm³/mol. The van der Waals surface area contributed by atoms with E-state index in [9.17, 15) is 8.42 Å². The molecule has 1 aromatic heterocycles. The Morgan fingerprint density at radius 3 is 2.29 bits per heavy atom. The smallest absolute Gasteiger partial charge is 0.240 e. The van der Waals surface area contributed by atoms with Crippen molar-refractivity contribution >= 4 is 15.7 Å². The van der Waals surface area contributed by atoms with Crippen LogP contribution in [-0.2, 0) is 10.0 Å². The van der Waals surface area contributed by atoms with Gasteiger partial charge < -0.3 is 15.5 Å². The molecule has 8 heteroatoms. The second kappa shape index (κ2) is 8.55. The zero-order valence-electron chi connectivity index (χ0n) is 15.8. The van der Waals surface area contributed by atoms with Gasteiger partial charge in [-0.1, -0.05) is 0 Å². The Labute approximate surface area is 165 Å². The van der Waals surface area contributed by atoms with E-state index in [1.165, 1.54) is 12.1 Å². The van der Waals surface area contributed by atoms with E-state index in [2.05, 4.69) is 28.9 Å². The summed E-state index contributed by atoms with van der Waals surface area (Å²) in [7, 11) is -3.56. The highest BCUT2D eigenvalue weighted by molar-refractivity contribution is 7.89. The van der Waals surface area contributed by atoms with Gasteiger partial charge in [0.15, 0.2) is 5.76 Å². The maximum Gasteiger partial charge on any atom is 0.240 e. The molecule has 4 N–H and O–H groups in total. The zero-order valence-corrected chi connectivity index (χ0v) is 16.7. The molecule has 0 bridgehead atoms. The molecule has 0 radical (unpaired) electrons. The normalized spacial score (nSPS) is 11.7. The highest BCUT2D eigenvalue weighted by Crippen LogP contribution is 2.27. The fourth-order valence-corrected chi connectivity index (χ4v) is 3.71. The summed E-state index contributed by atoms with van der Waals surface area (Å²) in [5.41, 5.74) is 7.99. The summed E-state index contributed by atoms with van der Waals surface area (Å²) < 4.78 is 32.5. The van der Waals surface area contributed by atoms with Crippen LogP contribution in [0.3, 0.4) is 0 Å².